The minimum absolute atomic E-state index is 0.364. The van der Waals surface area contributed by atoms with Crippen LogP contribution < -0.4 is 14.2 Å². The highest BCUT2D eigenvalue weighted by Gasteiger charge is 2.27. The maximum absolute atomic E-state index is 13.3. The van der Waals surface area contributed by atoms with E-state index >= 15 is 0 Å². The number of piperidine rings is 1. The van der Waals surface area contributed by atoms with E-state index in [1.54, 1.807) is 26.0 Å². The molecular formula is C25H31F2N3O3S. The van der Waals surface area contributed by atoms with Gasteiger partial charge >= 0.3 is 0 Å². The molecular weight excluding hydrogens is 460 g/mol. The highest BCUT2D eigenvalue weighted by atomic mass is 32.2. The number of likely N-dealkylation sites (tertiary alicyclic amines) is 1. The number of rotatable bonds is 8. The molecule has 0 bridgehead atoms. The fourth-order valence-corrected chi connectivity index (χ4v) is 5.35. The number of hydrogen-bond acceptors (Lipinski definition) is 7. The number of hydrogen-bond donors (Lipinski definition) is 0. The summed E-state index contributed by atoms with van der Waals surface area (Å²) in [5, 5.41) is 1.04. The molecule has 4 rings (SSSR count). The second kappa shape index (κ2) is 11.3. The van der Waals surface area contributed by atoms with Gasteiger partial charge in [0.15, 0.2) is 28.3 Å². The first-order valence-corrected chi connectivity index (χ1v) is 12.5. The van der Waals surface area contributed by atoms with E-state index in [0.29, 0.717) is 24.1 Å². The van der Waals surface area contributed by atoms with Crippen molar-refractivity contribution in [1.82, 2.24) is 9.80 Å². The van der Waals surface area contributed by atoms with Crippen LogP contribution >= 0.6 is 11.8 Å². The highest BCUT2D eigenvalue weighted by molar-refractivity contribution is 8.13. The predicted octanol–water partition coefficient (Wildman–Crippen LogP) is 5.08. The van der Waals surface area contributed by atoms with Gasteiger partial charge in [0.25, 0.3) is 0 Å². The molecule has 0 N–H and O–H groups in total. The molecule has 2 aliphatic heterocycles. The van der Waals surface area contributed by atoms with Crippen LogP contribution in [0.4, 0.5) is 14.5 Å². The molecule has 0 radical (unpaired) electrons. The smallest absolute Gasteiger partial charge is 0.164 e. The second-order valence-corrected chi connectivity index (χ2v) is 9.42. The van der Waals surface area contributed by atoms with Gasteiger partial charge in [-0.1, -0.05) is 11.8 Å². The Morgan fingerprint density at radius 1 is 1.06 bits per heavy atom. The zero-order valence-corrected chi connectivity index (χ0v) is 20.7. The molecule has 2 aromatic carbocycles. The van der Waals surface area contributed by atoms with Crippen molar-refractivity contribution >= 4 is 22.6 Å². The molecule has 1 fully saturated rings. The first-order valence-electron chi connectivity index (χ1n) is 11.5. The van der Waals surface area contributed by atoms with Gasteiger partial charge in [0.1, 0.15) is 5.75 Å². The van der Waals surface area contributed by atoms with Gasteiger partial charge in [-0.2, -0.15) is 0 Å². The second-order valence-electron chi connectivity index (χ2n) is 8.48. The van der Waals surface area contributed by atoms with Crippen LogP contribution in [-0.4, -0.2) is 68.5 Å². The number of thioether (sulfide) groups is 1. The lowest BCUT2D eigenvalue weighted by molar-refractivity contribution is 0.157. The van der Waals surface area contributed by atoms with Gasteiger partial charge in [-0.05, 0) is 43.0 Å². The van der Waals surface area contributed by atoms with Crippen LogP contribution in [0.25, 0.3) is 0 Å². The molecule has 0 unspecified atom stereocenters. The van der Waals surface area contributed by atoms with Crippen molar-refractivity contribution in [2.45, 2.75) is 31.1 Å². The molecule has 6 nitrogen and oxygen atoms in total. The molecule has 0 amide bonds. The average Bonchev–Trinajstić information content (AvgIpc) is 2.87. The van der Waals surface area contributed by atoms with Crippen LogP contribution in [0.3, 0.4) is 0 Å². The summed E-state index contributed by atoms with van der Waals surface area (Å²) in [4.78, 5) is 9.66. The van der Waals surface area contributed by atoms with Crippen LogP contribution in [0.15, 0.2) is 35.3 Å². The van der Waals surface area contributed by atoms with Gasteiger partial charge in [-0.3, -0.25) is 0 Å². The fourth-order valence-electron chi connectivity index (χ4n) is 4.32. The third-order valence-electron chi connectivity index (χ3n) is 6.34. The Labute approximate surface area is 203 Å². The van der Waals surface area contributed by atoms with Crippen LogP contribution in [0.2, 0.25) is 0 Å². The Balaban J connectivity index is 1.24. The molecule has 34 heavy (non-hydrogen) atoms. The van der Waals surface area contributed by atoms with Gasteiger partial charge in [0.05, 0.1) is 26.5 Å². The number of nitrogens with zero attached hydrogens (tertiary/aromatic N) is 3. The zero-order chi connectivity index (χ0) is 24.1. The topological polar surface area (TPSA) is 46.5 Å². The summed E-state index contributed by atoms with van der Waals surface area (Å²) >= 11 is 1.76. The van der Waals surface area contributed by atoms with E-state index in [4.69, 9.17) is 19.2 Å². The van der Waals surface area contributed by atoms with Crippen molar-refractivity contribution in [3.63, 3.8) is 0 Å². The molecule has 1 saturated heterocycles. The number of halogens is 2. The Kier molecular flexibility index (Phi) is 8.15. The molecule has 184 valence electrons. The summed E-state index contributed by atoms with van der Waals surface area (Å²) in [7, 11) is 5.42. The number of benzene rings is 2. The standard InChI is InChI=1S/C25H31F2N3O3S/c1-29(25-28-22-15-24(32-3)23(31-2)13-17(22)16-34-25)18-7-10-30(11-8-18)9-4-12-33-19-5-6-20(26)21(27)14-19/h5-6,13-15,18H,4,7-12,16H2,1-3H3. The predicted molar refractivity (Wildman–Crippen MR) is 132 cm³/mol. The minimum atomic E-state index is -0.883. The average molecular weight is 492 g/mol. The van der Waals surface area contributed by atoms with Crippen LogP contribution in [0, 0.1) is 11.6 Å². The van der Waals surface area contributed by atoms with E-state index in [0.717, 1.165) is 79.0 Å². The van der Waals surface area contributed by atoms with E-state index in [9.17, 15) is 8.78 Å². The van der Waals surface area contributed by atoms with Crippen LogP contribution in [0.1, 0.15) is 24.8 Å². The van der Waals surface area contributed by atoms with Crippen molar-refractivity contribution in [2.24, 2.45) is 4.99 Å². The van der Waals surface area contributed by atoms with E-state index < -0.39 is 11.6 Å². The van der Waals surface area contributed by atoms with Crippen LogP contribution in [-0.2, 0) is 5.75 Å². The lowest BCUT2D eigenvalue weighted by Gasteiger charge is -2.38. The van der Waals surface area contributed by atoms with Crippen molar-refractivity contribution < 1.29 is 23.0 Å². The number of methoxy groups -OCH3 is 2. The maximum Gasteiger partial charge on any atom is 0.164 e. The molecule has 2 aromatic rings. The van der Waals surface area contributed by atoms with Crippen molar-refractivity contribution in [1.29, 1.82) is 0 Å². The summed E-state index contributed by atoms with van der Waals surface area (Å²) in [5.41, 5.74) is 2.09. The van der Waals surface area contributed by atoms with Gasteiger partial charge in [-0.25, -0.2) is 13.8 Å². The van der Waals surface area contributed by atoms with E-state index in [1.807, 2.05) is 12.1 Å². The summed E-state index contributed by atoms with van der Waals surface area (Å²) in [5.74, 6) is 0.906. The first-order chi connectivity index (χ1) is 16.5. The van der Waals surface area contributed by atoms with E-state index in [2.05, 4.69) is 16.8 Å². The minimum Gasteiger partial charge on any atom is -0.493 e. The molecule has 0 saturated carbocycles. The monoisotopic (exact) mass is 491 g/mol. The van der Waals surface area contributed by atoms with E-state index in [-0.39, 0.29) is 0 Å². The maximum atomic E-state index is 13.3. The largest absolute Gasteiger partial charge is 0.493 e. The Morgan fingerprint density at radius 3 is 2.50 bits per heavy atom. The molecule has 0 spiro atoms. The van der Waals surface area contributed by atoms with Gasteiger partial charge in [0, 0.05) is 50.6 Å². The molecule has 2 heterocycles. The summed E-state index contributed by atoms with van der Waals surface area (Å²) < 4.78 is 42.7. The van der Waals surface area contributed by atoms with E-state index in [1.165, 1.54) is 6.07 Å². The third-order valence-corrected chi connectivity index (χ3v) is 7.44. The van der Waals surface area contributed by atoms with Gasteiger partial charge in [0.2, 0.25) is 0 Å². The number of fused-ring (bicyclic) bond motifs is 1. The first kappa shape index (κ1) is 24.6. The number of aliphatic imine (C=N–C) groups is 1. The van der Waals surface area contributed by atoms with Gasteiger partial charge < -0.3 is 24.0 Å². The fraction of sp³-hybridized carbons (Fsp3) is 0.480. The number of amidine groups is 1. The lowest BCUT2D eigenvalue weighted by atomic mass is 10.0. The van der Waals surface area contributed by atoms with Crippen LogP contribution in [0.5, 0.6) is 17.2 Å². The SMILES string of the molecule is COc1cc2c(cc1OC)N=C(N(C)C1CCN(CCCOc3ccc(F)c(F)c3)CC1)SC2. The molecule has 0 aromatic heterocycles. The van der Waals surface area contributed by atoms with Crippen molar-refractivity contribution in [3.05, 3.63) is 47.5 Å². The lowest BCUT2D eigenvalue weighted by Crippen LogP contribution is -2.45. The zero-order valence-electron chi connectivity index (χ0n) is 19.9. The quantitative estimate of drug-likeness (QED) is 0.480. The van der Waals surface area contributed by atoms with Gasteiger partial charge in [-0.15, -0.1) is 0 Å². The molecule has 0 atom stereocenters. The normalized spacial score (nSPS) is 16.6. The summed E-state index contributed by atoms with van der Waals surface area (Å²) in [6.07, 6.45) is 2.97. The summed E-state index contributed by atoms with van der Waals surface area (Å²) in [6, 6.07) is 8.04. The third kappa shape index (κ3) is 5.75. The van der Waals surface area contributed by atoms with Crippen molar-refractivity contribution in [3.8, 4) is 17.2 Å². The van der Waals surface area contributed by atoms with Crippen molar-refractivity contribution in [2.75, 3.05) is 47.5 Å². The molecule has 0 aliphatic carbocycles. The number of ether oxygens (including phenoxy) is 3. The Hall–Kier alpha value is -2.52. The Bertz CT molecular complexity index is 1030. The summed E-state index contributed by atoms with van der Waals surface area (Å²) in [6.45, 7) is 3.43. The highest BCUT2D eigenvalue weighted by Crippen LogP contribution is 2.40. The molecule has 2 aliphatic rings. The molecule has 9 heteroatoms. The Morgan fingerprint density at radius 2 is 1.79 bits per heavy atom.